The molecule has 1 aromatic carbocycles. The summed E-state index contributed by atoms with van der Waals surface area (Å²) in [7, 11) is 0. The van der Waals surface area contributed by atoms with Crippen molar-refractivity contribution in [1.29, 1.82) is 0 Å². The lowest BCUT2D eigenvalue weighted by Crippen LogP contribution is -2.48. The number of H-pyrrole nitrogens is 1. The molecule has 2 heterocycles. The number of alkyl halides is 2. The maximum Gasteiger partial charge on any atom is 0.308 e. The number of fused-ring (bicyclic) bond motifs is 1. The van der Waals surface area contributed by atoms with Gasteiger partial charge in [-0.1, -0.05) is 18.2 Å². The molecule has 1 atom stereocenters. The first-order chi connectivity index (χ1) is 9.94. The van der Waals surface area contributed by atoms with Crippen molar-refractivity contribution in [2.45, 2.75) is 18.9 Å². The minimum absolute atomic E-state index is 0.155. The average molecular weight is 294 g/mol. The van der Waals surface area contributed by atoms with Gasteiger partial charge in [0.25, 0.3) is 5.92 Å². The number of likely N-dealkylation sites (tertiary alicyclic amines) is 1. The van der Waals surface area contributed by atoms with Gasteiger partial charge in [0.2, 0.25) is 0 Å². The summed E-state index contributed by atoms with van der Waals surface area (Å²) in [5, 5.41) is 10.0. The Morgan fingerprint density at radius 3 is 3.00 bits per heavy atom. The minimum atomic E-state index is -2.95. The van der Waals surface area contributed by atoms with Crippen molar-refractivity contribution in [2.24, 2.45) is 5.92 Å². The molecule has 1 aliphatic heterocycles. The molecule has 0 bridgehead atoms. The van der Waals surface area contributed by atoms with Crippen molar-refractivity contribution >= 4 is 16.9 Å². The number of piperidine rings is 1. The van der Waals surface area contributed by atoms with Crippen molar-refractivity contribution in [3.8, 4) is 0 Å². The van der Waals surface area contributed by atoms with Gasteiger partial charge in [-0.05, 0) is 17.0 Å². The Morgan fingerprint density at radius 2 is 2.24 bits per heavy atom. The molecule has 2 N–H and O–H groups in total. The lowest BCUT2D eigenvalue weighted by molar-refractivity contribution is -0.153. The van der Waals surface area contributed by atoms with Crippen molar-refractivity contribution in [2.75, 3.05) is 13.1 Å². The van der Waals surface area contributed by atoms with Gasteiger partial charge in [-0.3, -0.25) is 9.69 Å². The first-order valence-electron chi connectivity index (χ1n) is 6.82. The molecule has 2 aromatic rings. The highest BCUT2D eigenvalue weighted by Crippen LogP contribution is 2.32. The molecule has 1 aromatic heterocycles. The first-order valence-corrected chi connectivity index (χ1v) is 6.82. The normalized spacial score (nSPS) is 22.5. The zero-order valence-corrected chi connectivity index (χ0v) is 11.4. The fourth-order valence-corrected chi connectivity index (χ4v) is 3.00. The lowest BCUT2D eigenvalue weighted by Gasteiger charge is -2.35. The largest absolute Gasteiger partial charge is 0.481 e. The predicted molar refractivity (Wildman–Crippen MR) is 74.3 cm³/mol. The number of benzene rings is 1. The number of carboxylic acid groups (broad SMARTS) is 1. The molecule has 0 amide bonds. The topological polar surface area (TPSA) is 56.3 Å². The van der Waals surface area contributed by atoms with Crippen LogP contribution < -0.4 is 0 Å². The maximum atomic E-state index is 13.7. The fraction of sp³-hybridized carbons (Fsp3) is 0.400. The fourth-order valence-electron chi connectivity index (χ4n) is 3.00. The molecule has 0 saturated carbocycles. The van der Waals surface area contributed by atoms with Crippen LogP contribution in [0.1, 0.15) is 12.0 Å². The van der Waals surface area contributed by atoms with Gasteiger partial charge in [-0.15, -0.1) is 0 Å². The number of para-hydroxylation sites is 1. The average Bonchev–Trinajstić information content (AvgIpc) is 2.86. The molecular formula is C15H16F2N2O2. The van der Waals surface area contributed by atoms with Crippen molar-refractivity contribution in [1.82, 2.24) is 9.88 Å². The summed E-state index contributed by atoms with van der Waals surface area (Å²) >= 11 is 0. The Kier molecular flexibility index (Phi) is 3.41. The zero-order valence-electron chi connectivity index (χ0n) is 11.4. The highest BCUT2D eigenvalue weighted by atomic mass is 19.3. The van der Waals surface area contributed by atoms with Gasteiger partial charge in [-0.25, -0.2) is 8.78 Å². The summed E-state index contributed by atoms with van der Waals surface area (Å²) in [5.74, 6) is -5.13. The van der Waals surface area contributed by atoms with Crippen molar-refractivity contribution in [3.05, 3.63) is 36.0 Å². The van der Waals surface area contributed by atoms with Crippen LogP contribution in [0, 0.1) is 5.92 Å². The van der Waals surface area contributed by atoms with Gasteiger partial charge in [0.15, 0.2) is 0 Å². The first kappa shape index (κ1) is 14.0. The minimum Gasteiger partial charge on any atom is -0.481 e. The van der Waals surface area contributed by atoms with E-state index in [4.69, 9.17) is 5.11 Å². The van der Waals surface area contributed by atoms with Crippen LogP contribution in [0.25, 0.3) is 10.9 Å². The molecule has 3 rings (SSSR count). The molecule has 0 radical (unpaired) electrons. The van der Waals surface area contributed by atoms with Crippen LogP contribution in [-0.2, 0) is 11.3 Å². The summed E-state index contributed by atoms with van der Waals surface area (Å²) in [5.41, 5.74) is 1.82. The van der Waals surface area contributed by atoms with Crippen LogP contribution in [0.15, 0.2) is 30.5 Å². The third-order valence-corrected chi connectivity index (χ3v) is 3.90. The highest BCUT2D eigenvalue weighted by molar-refractivity contribution is 5.82. The van der Waals surface area contributed by atoms with E-state index in [2.05, 4.69) is 4.98 Å². The number of halogens is 2. The molecule has 21 heavy (non-hydrogen) atoms. The van der Waals surface area contributed by atoms with Gasteiger partial charge in [0.05, 0.1) is 12.5 Å². The SMILES string of the molecule is O=C(O)C1CN(Cc2cccc3cc[nH]c23)CC(F)(F)C1. The number of aromatic amines is 1. The molecule has 0 spiro atoms. The van der Waals surface area contributed by atoms with Gasteiger partial charge >= 0.3 is 5.97 Å². The molecule has 6 heteroatoms. The molecule has 0 aliphatic carbocycles. The van der Waals surface area contributed by atoms with Gasteiger partial charge < -0.3 is 10.1 Å². The van der Waals surface area contributed by atoms with E-state index in [-0.39, 0.29) is 6.54 Å². The van der Waals surface area contributed by atoms with Crippen LogP contribution >= 0.6 is 0 Å². The molecular weight excluding hydrogens is 278 g/mol. The number of carbonyl (C=O) groups is 1. The maximum absolute atomic E-state index is 13.7. The van der Waals surface area contributed by atoms with Crippen molar-refractivity contribution < 1.29 is 18.7 Å². The van der Waals surface area contributed by atoms with E-state index in [1.165, 1.54) is 4.90 Å². The Morgan fingerprint density at radius 1 is 1.43 bits per heavy atom. The monoisotopic (exact) mass is 294 g/mol. The van der Waals surface area contributed by atoms with Crippen LogP contribution in [0.4, 0.5) is 8.78 Å². The third kappa shape index (κ3) is 2.90. The summed E-state index contributed by atoms with van der Waals surface area (Å²) < 4.78 is 27.4. The second-order valence-corrected chi connectivity index (χ2v) is 5.62. The number of nitrogens with zero attached hydrogens (tertiary/aromatic N) is 1. The molecule has 1 unspecified atom stereocenters. The van der Waals surface area contributed by atoms with Crippen LogP contribution in [0.2, 0.25) is 0 Å². The number of carboxylic acids is 1. The number of nitrogens with one attached hydrogen (secondary N) is 1. The second kappa shape index (κ2) is 5.11. The number of rotatable bonds is 3. The Labute approximate surface area is 120 Å². The van der Waals surface area contributed by atoms with Gasteiger partial charge in [-0.2, -0.15) is 0 Å². The summed E-state index contributed by atoms with van der Waals surface area (Å²) in [6.07, 6.45) is 1.23. The van der Waals surface area contributed by atoms with E-state index in [1.807, 2.05) is 24.3 Å². The van der Waals surface area contributed by atoms with E-state index in [0.717, 1.165) is 16.5 Å². The highest BCUT2D eigenvalue weighted by Gasteiger charge is 2.42. The number of hydrogen-bond acceptors (Lipinski definition) is 2. The molecule has 4 nitrogen and oxygen atoms in total. The Balaban J connectivity index is 1.83. The summed E-state index contributed by atoms with van der Waals surface area (Å²) in [6, 6.07) is 7.62. The number of aliphatic carboxylic acids is 1. The number of hydrogen-bond donors (Lipinski definition) is 2. The Bertz CT molecular complexity index is 668. The molecule has 112 valence electrons. The molecule has 1 aliphatic rings. The van der Waals surface area contributed by atoms with E-state index >= 15 is 0 Å². The summed E-state index contributed by atoms with van der Waals surface area (Å²) in [4.78, 5) is 15.7. The number of aromatic nitrogens is 1. The predicted octanol–water partition coefficient (Wildman–Crippen LogP) is 2.71. The zero-order chi connectivity index (χ0) is 15.0. The smallest absolute Gasteiger partial charge is 0.308 e. The van der Waals surface area contributed by atoms with E-state index < -0.39 is 30.8 Å². The van der Waals surface area contributed by atoms with Crippen molar-refractivity contribution in [3.63, 3.8) is 0 Å². The Hall–Kier alpha value is -1.95. The van der Waals surface area contributed by atoms with Gasteiger partial charge in [0.1, 0.15) is 0 Å². The van der Waals surface area contributed by atoms with E-state index in [0.29, 0.717) is 6.54 Å². The van der Waals surface area contributed by atoms with E-state index in [1.54, 1.807) is 6.20 Å². The van der Waals surface area contributed by atoms with Crippen LogP contribution in [0.3, 0.4) is 0 Å². The second-order valence-electron chi connectivity index (χ2n) is 5.62. The van der Waals surface area contributed by atoms with Crippen LogP contribution in [-0.4, -0.2) is 40.0 Å². The quantitative estimate of drug-likeness (QED) is 0.915. The van der Waals surface area contributed by atoms with E-state index in [9.17, 15) is 13.6 Å². The lowest BCUT2D eigenvalue weighted by atomic mass is 9.95. The third-order valence-electron chi connectivity index (χ3n) is 3.90. The molecule has 1 fully saturated rings. The molecule has 1 saturated heterocycles. The van der Waals surface area contributed by atoms with Gasteiger partial charge in [0, 0.05) is 31.2 Å². The summed E-state index contributed by atoms with van der Waals surface area (Å²) in [6.45, 7) is 0.0765. The standard InChI is InChI=1S/C15H16F2N2O2/c16-15(17)6-12(14(20)21)8-19(9-15)7-11-3-1-2-10-4-5-18-13(10)11/h1-5,12,18H,6-9H2,(H,20,21). The van der Waals surface area contributed by atoms with Crippen LogP contribution in [0.5, 0.6) is 0 Å².